The number of pyridine rings is 1. The van der Waals surface area contributed by atoms with Gasteiger partial charge in [0.05, 0.1) is 12.7 Å². The predicted molar refractivity (Wildman–Crippen MR) is 107 cm³/mol. The van der Waals surface area contributed by atoms with Gasteiger partial charge in [0.2, 0.25) is 0 Å². The van der Waals surface area contributed by atoms with Crippen LogP contribution in [0.15, 0.2) is 73.7 Å². The molecule has 3 heterocycles. The van der Waals surface area contributed by atoms with Crippen molar-refractivity contribution in [2.45, 2.75) is 6.04 Å². The molecule has 1 amide bonds. The van der Waals surface area contributed by atoms with Gasteiger partial charge in [0.1, 0.15) is 29.8 Å². The summed E-state index contributed by atoms with van der Waals surface area (Å²) in [6.07, 6.45) is 10.2. The van der Waals surface area contributed by atoms with Gasteiger partial charge in [-0.25, -0.2) is 15.0 Å². The highest BCUT2D eigenvalue weighted by Gasteiger charge is 2.21. The SMILES string of the molecule is COc1ccc(C(NC(=O)c2ccc(-n3ccnc3)nc2)c2nccn2C)cc1. The van der Waals surface area contributed by atoms with E-state index in [1.807, 2.05) is 42.1 Å². The van der Waals surface area contributed by atoms with Crippen LogP contribution >= 0.6 is 0 Å². The molecule has 3 aromatic heterocycles. The summed E-state index contributed by atoms with van der Waals surface area (Å²) in [5.41, 5.74) is 1.36. The Labute approximate surface area is 167 Å². The Balaban J connectivity index is 1.60. The highest BCUT2D eigenvalue weighted by atomic mass is 16.5. The number of nitrogens with one attached hydrogen (secondary N) is 1. The zero-order valence-electron chi connectivity index (χ0n) is 16.1. The molecule has 0 spiro atoms. The summed E-state index contributed by atoms with van der Waals surface area (Å²) in [4.78, 5) is 25.7. The molecule has 0 aliphatic rings. The van der Waals surface area contributed by atoms with E-state index in [0.717, 1.165) is 17.1 Å². The summed E-state index contributed by atoms with van der Waals surface area (Å²) in [5.74, 6) is 1.93. The number of rotatable bonds is 6. The molecule has 0 radical (unpaired) electrons. The minimum atomic E-state index is -0.415. The Morgan fingerprint density at radius 1 is 1.07 bits per heavy atom. The van der Waals surface area contributed by atoms with E-state index in [-0.39, 0.29) is 5.91 Å². The van der Waals surface area contributed by atoms with Crippen molar-refractivity contribution in [2.24, 2.45) is 7.05 Å². The average Bonchev–Trinajstić information content (AvgIpc) is 3.44. The largest absolute Gasteiger partial charge is 0.497 e. The highest BCUT2D eigenvalue weighted by molar-refractivity contribution is 5.94. The third-order valence-corrected chi connectivity index (χ3v) is 4.62. The summed E-state index contributed by atoms with van der Waals surface area (Å²) in [7, 11) is 3.51. The summed E-state index contributed by atoms with van der Waals surface area (Å²) in [6, 6.07) is 10.7. The van der Waals surface area contributed by atoms with Crippen molar-refractivity contribution in [2.75, 3.05) is 7.11 Å². The van der Waals surface area contributed by atoms with Crippen molar-refractivity contribution >= 4 is 5.91 Å². The van der Waals surface area contributed by atoms with Crippen LogP contribution in [0.25, 0.3) is 5.82 Å². The summed E-state index contributed by atoms with van der Waals surface area (Å²) in [5, 5.41) is 3.06. The standard InChI is InChI=1S/C21H20N6O2/c1-26-11-10-23-20(26)19(15-3-6-17(29-2)7-4-15)25-21(28)16-5-8-18(24-13-16)27-12-9-22-14-27/h3-14,19H,1-2H3,(H,25,28). The van der Waals surface area contributed by atoms with Crippen molar-refractivity contribution in [3.63, 3.8) is 0 Å². The van der Waals surface area contributed by atoms with Crippen LogP contribution in [0.4, 0.5) is 0 Å². The number of ether oxygens (including phenoxy) is 1. The second-order valence-electron chi connectivity index (χ2n) is 6.45. The summed E-state index contributed by atoms with van der Waals surface area (Å²) in [6.45, 7) is 0. The van der Waals surface area contributed by atoms with Crippen LogP contribution in [0.5, 0.6) is 5.75 Å². The van der Waals surface area contributed by atoms with Crippen LogP contribution in [-0.4, -0.2) is 37.1 Å². The Kier molecular flexibility index (Phi) is 5.07. The molecule has 1 N–H and O–H groups in total. The molecule has 8 heteroatoms. The fourth-order valence-electron chi connectivity index (χ4n) is 3.03. The van der Waals surface area contributed by atoms with Gasteiger partial charge >= 0.3 is 0 Å². The zero-order valence-corrected chi connectivity index (χ0v) is 16.1. The zero-order chi connectivity index (χ0) is 20.2. The Bertz CT molecular complexity index is 1090. The maximum absolute atomic E-state index is 12.9. The van der Waals surface area contributed by atoms with Gasteiger partial charge in [-0.2, -0.15) is 0 Å². The second kappa shape index (κ2) is 7.97. The van der Waals surface area contributed by atoms with Gasteiger partial charge in [-0.3, -0.25) is 9.36 Å². The monoisotopic (exact) mass is 388 g/mol. The first kappa shape index (κ1) is 18.4. The quantitative estimate of drug-likeness (QED) is 0.548. The van der Waals surface area contributed by atoms with Crippen molar-refractivity contribution in [1.82, 2.24) is 29.4 Å². The maximum Gasteiger partial charge on any atom is 0.253 e. The Morgan fingerprint density at radius 3 is 2.48 bits per heavy atom. The second-order valence-corrected chi connectivity index (χ2v) is 6.45. The molecular weight excluding hydrogens is 368 g/mol. The van der Waals surface area contributed by atoms with E-state index in [9.17, 15) is 4.79 Å². The predicted octanol–water partition coefficient (Wildman–Crippen LogP) is 2.53. The minimum absolute atomic E-state index is 0.238. The molecule has 29 heavy (non-hydrogen) atoms. The van der Waals surface area contributed by atoms with Gasteiger partial charge in [0.15, 0.2) is 0 Å². The molecule has 1 unspecified atom stereocenters. The first-order chi connectivity index (χ1) is 14.2. The number of amides is 1. The lowest BCUT2D eigenvalue weighted by molar-refractivity contribution is 0.0941. The number of aryl methyl sites for hydroxylation is 1. The van der Waals surface area contributed by atoms with E-state index in [1.165, 1.54) is 0 Å². The fraction of sp³-hybridized carbons (Fsp3) is 0.143. The highest BCUT2D eigenvalue weighted by Crippen LogP contribution is 2.23. The molecule has 8 nitrogen and oxygen atoms in total. The lowest BCUT2D eigenvalue weighted by Gasteiger charge is -2.19. The van der Waals surface area contributed by atoms with E-state index in [4.69, 9.17) is 4.74 Å². The van der Waals surface area contributed by atoms with Crippen LogP contribution in [-0.2, 0) is 7.05 Å². The van der Waals surface area contributed by atoms with Crippen molar-refractivity contribution in [3.8, 4) is 11.6 Å². The molecule has 0 aliphatic carbocycles. The third-order valence-electron chi connectivity index (χ3n) is 4.62. The molecular formula is C21H20N6O2. The molecule has 4 rings (SSSR count). The number of benzene rings is 1. The molecule has 0 saturated heterocycles. The first-order valence-electron chi connectivity index (χ1n) is 9.02. The third kappa shape index (κ3) is 3.86. The number of nitrogens with zero attached hydrogens (tertiary/aromatic N) is 5. The molecule has 0 fully saturated rings. The van der Waals surface area contributed by atoms with Crippen LogP contribution < -0.4 is 10.1 Å². The van der Waals surface area contributed by atoms with Crippen LogP contribution in [0.1, 0.15) is 27.8 Å². The summed E-state index contributed by atoms with van der Waals surface area (Å²) < 4.78 is 8.89. The molecule has 0 bridgehead atoms. The number of hydrogen-bond donors (Lipinski definition) is 1. The summed E-state index contributed by atoms with van der Waals surface area (Å²) >= 11 is 0. The first-order valence-corrected chi connectivity index (χ1v) is 9.02. The smallest absolute Gasteiger partial charge is 0.253 e. The van der Waals surface area contributed by atoms with Crippen LogP contribution in [0.3, 0.4) is 0 Å². The lowest BCUT2D eigenvalue weighted by Crippen LogP contribution is -2.31. The lowest BCUT2D eigenvalue weighted by atomic mass is 10.1. The van der Waals surface area contributed by atoms with E-state index in [2.05, 4.69) is 20.3 Å². The average molecular weight is 388 g/mol. The number of carbonyl (C=O) groups is 1. The van der Waals surface area contributed by atoms with Gasteiger partial charge in [-0.1, -0.05) is 12.1 Å². The normalized spacial score (nSPS) is 11.8. The topological polar surface area (TPSA) is 86.9 Å². The van der Waals surface area contributed by atoms with E-state index in [0.29, 0.717) is 11.4 Å². The van der Waals surface area contributed by atoms with Gasteiger partial charge in [-0.05, 0) is 29.8 Å². The van der Waals surface area contributed by atoms with Gasteiger partial charge in [0.25, 0.3) is 5.91 Å². The van der Waals surface area contributed by atoms with Crippen LogP contribution in [0.2, 0.25) is 0 Å². The van der Waals surface area contributed by atoms with Crippen molar-refractivity contribution in [1.29, 1.82) is 0 Å². The number of carbonyl (C=O) groups excluding carboxylic acids is 1. The maximum atomic E-state index is 12.9. The molecule has 0 aliphatic heterocycles. The van der Waals surface area contributed by atoms with E-state index >= 15 is 0 Å². The molecule has 1 atom stereocenters. The van der Waals surface area contributed by atoms with Gasteiger partial charge in [-0.15, -0.1) is 0 Å². The minimum Gasteiger partial charge on any atom is -0.497 e. The number of imidazole rings is 2. The molecule has 4 aromatic rings. The Morgan fingerprint density at radius 2 is 1.90 bits per heavy atom. The molecule has 146 valence electrons. The van der Waals surface area contributed by atoms with E-state index < -0.39 is 6.04 Å². The van der Waals surface area contributed by atoms with Crippen molar-refractivity contribution < 1.29 is 9.53 Å². The van der Waals surface area contributed by atoms with Gasteiger partial charge in [0, 0.05) is 38.0 Å². The van der Waals surface area contributed by atoms with Crippen molar-refractivity contribution in [3.05, 3.63) is 90.7 Å². The fourth-order valence-corrected chi connectivity index (χ4v) is 3.03. The number of aromatic nitrogens is 5. The number of hydrogen-bond acceptors (Lipinski definition) is 5. The molecule has 1 aromatic carbocycles. The van der Waals surface area contributed by atoms with Crippen LogP contribution in [0, 0.1) is 0 Å². The van der Waals surface area contributed by atoms with E-state index in [1.54, 1.807) is 54.9 Å². The van der Waals surface area contributed by atoms with Gasteiger partial charge < -0.3 is 14.6 Å². The number of methoxy groups -OCH3 is 1. The molecule has 0 saturated carbocycles. The Hall–Kier alpha value is -3.94.